The van der Waals surface area contributed by atoms with Crippen LogP contribution in [0.1, 0.15) is 47.8 Å². The molecule has 0 saturated carbocycles. The molecular weight excluding hydrogens is 476 g/mol. The van der Waals surface area contributed by atoms with E-state index < -0.39 is 34.3 Å². The summed E-state index contributed by atoms with van der Waals surface area (Å²) in [7, 11) is 0. The second kappa shape index (κ2) is 9.57. The molecule has 9 nitrogen and oxygen atoms in total. The summed E-state index contributed by atoms with van der Waals surface area (Å²) in [6.07, 6.45) is 1.80. The molecule has 192 valence electrons. The monoisotopic (exact) mass is 504 g/mol. The van der Waals surface area contributed by atoms with E-state index >= 15 is 0 Å². The molecule has 1 aliphatic carbocycles. The van der Waals surface area contributed by atoms with Crippen LogP contribution in [0.5, 0.6) is 17.2 Å². The van der Waals surface area contributed by atoms with Crippen molar-refractivity contribution in [1.29, 1.82) is 0 Å². The summed E-state index contributed by atoms with van der Waals surface area (Å²) >= 11 is 0. The average Bonchev–Trinajstić information content (AvgIpc) is 3.14. The first-order valence-corrected chi connectivity index (χ1v) is 11.8. The van der Waals surface area contributed by atoms with Gasteiger partial charge in [0.25, 0.3) is 0 Å². The second-order valence-electron chi connectivity index (χ2n) is 9.33. The third-order valence-electron chi connectivity index (χ3n) is 6.85. The highest BCUT2D eigenvalue weighted by atomic mass is 16.5. The van der Waals surface area contributed by atoms with Crippen LogP contribution in [0.2, 0.25) is 0 Å². The van der Waals surface area contributed by atoms with Crippen molar-refractivity contribution in [3.8, 4) is 17.2 Å². The number of carbonyl (C=O) groups excluding carboxylic acids is 4. The average molecular weight is 505 g/mol. The van der Waals surface area contributed by atoms with E-state index in [0.29, 0.717) is 13.0 Å². The number of ether oxygens (including phenoxy) is 1. The number of hydrogen-bond donors (Lipinski definition) is 4. The lowest BCUT2D eigenvalue weighted by molar-refractivity contribution is -0.124. The quantitative estimate of drug-likeness (QED) is 0.256. The van der Waals surface area contributed by atoms with Crippen molar-refractivity contribution in [2.45, 2.75) is 39.5 Å². The van der Waals surface area contributed by atoms with E-state index in [1.165, 1.54) is 27.7 Å². The maximum Gasteiger partial charge on any atom is 0.239 e. The minimum absolute atomic E-state index is 0.0145. The number of nitrogens with one attached hydrogen (secondary N) is 2. The van der Waals surface area contributed by atoms with Crippen LogP contribution in [0, 0.1) is 6.92 Å². The molecule has 1 aliphatic heterocycles. The highest BCUT2D eigenvalue weighted by Crippen LogP contribution is 2.57. The van der Waals surface area contributed by atoms with E-state index in [0.717, 1.165) is 11.6 Å². The molecule has 0 unspecified atom stereocenters. The van der Waals surface area contributed by atoms with Gasteiger partial charge in [0.2, 0.25) is 5.91 Å². The Kier molecular flexibility index (Phi) is 6.64. The Bertz CT molecular complexity index is 1410. The van der Waals surface area contributed by atoms with Crippen LogP contribution in [0.25, 0.3) is 0 Å². The minimum atomic E-state index is -1.60. The van der Waals surface area contributed by atoms with Gasteiger partial charge in [-0.2, -0.15) is 0 Å². The second-order valence-corrected chi connectivity index (χ2v) is 9.33. The molecule has 2 aromatic rings. The number of fused-ring (bicyclic) bond motifs is 3. The Morgan fingerprint density at radius 1 is 1.03 bits per heavy atom. The molecule has 4 rings (SSSR count). The number of Topliss-reactive ketones (excluding diaryl/α,β-unsaturated/α-hetero) is 2. The van der Waals surface area contributed by atoms with Gasteiger partial charge in [0.05, 0.1) is 17.7 Å². The Hall–Kier alpha value is -4.40. The first kappa shape index (κ1) is 25.7. The molecule has 0 bridgehead atoms. The zero-order valence-corrected chi connectivity index (χ0v) is 21.0. The number of ketones is 3. The standard InChI is InChI=1S/C28H28N2O7/c1-14-24(34)22(16(3)31)26-23(25(14)35)28(4)19(37-26)12-18(32)21(27(28)36)15(2)30-13-20(33)29-11-10-17-8-6-5-7-9-17/h5-9,12,30,34-35H,10-11,13H2,1-4H3,(H,29,33)/b21-15+/t28-/m1/s1. The molecule has 9 heteroatoms. The fourth-order valence-corrected chi connectivity index (χ4v) is 4.72. The van der Waals surface area contributed by atoms with Gasteiger partial charge >= 0.3 is 0 Å². The number of benzene rings is 2. The summed E-state index contributed by atoms with van der Waals surface area (Å²) in [4.78, 5) is 51.3. The van der Waals surface area contributed by atoms with Crippen LogP contribution in [0.15, 0.2) is 53.4 Å². The maximum absolute atomic E-state index is 13.7. The molecular formula is C28H28N2O7. The molecule has 0 fully saturated rings. The predicted molar refractivity (Wildman–Crippen MR) is 134 cm³/mol. The van der Waals surface area contributed by atoms with E-state index in [2.05, 4.69) is 10.6 Å². The van der Waals surface area contributed by atoms with Crippen molar-refractivity contribution in [3.63, 3.8) is 0 Å². The number of rotatable bonds is 7. The Morgan fingerprint density at radius 2 is 1.70 bits per heavy atom. The van der Waals surface area contributed by atoms with Crippen molar-refractivity contribution >= 4 is 23.3 Å². The molecule has 1 heterocycles. The number of aromatic hydroxyl groups is 2. The highest BCUT2D eigenvalue weighted by molar-refractivity contribution is 6.31. The van der Waals surface area contributed by atoms with E-state index in [9.17, 15) is 29.4 Å². The third kappa shape index (κ3) is 4.26. The molecule has 0 radical (unpaired) electrons. The lowest BCUT2D eigenvalue weighted by Gasteiger charge is -2.29. The largest absolute Gasteiger partial charge is 0.507 e. The SMILES string of the molecule is CC(=O)c1c(O)c(C)c(O)c2c1OC1=CC(=O)/C(=C(/C)NCC(=O)NCCc3ccccc3)C(=O)[C@]12C. The Labute approximate surface area is 213 Å². The van der Waals surface area contributed by atoms with Crippen molar-refractivity contribution in [1.82, 2.24) is 10.6 Å². The smallest absolute Gasteiger partial charge is 0.239 e. The van der Waals surface area contributed by atoms with Gasteiger partial charge in [-0.15, -0.1) is 0 Å². The number of hydrogen-bond acceptors (Lipinski definition) is 8. The number of phenols is 2. The molecule has 0 spiro atoms. The van der Waals surface area contributed by atoms with Crippen LogP contribution >= 0.6 is 0 Å². The first-order chi connectivity index (χ1) is 17.5. The van der Waals surface area contributed by atoms with Gasteiger partial charge in [0.1, 0.15) is 34.0 Å². The molecule has 2 aromatic carbocycles. The fraction of sp³-hybridized carbons (Fsp3) is 0.286. The van der Waals surface area contributed by atoms with E-state index in [-0.39, 0.29) is 51.9 Å². The number of allylic oxidation sites excluding steroid dienone is 4. The predicted octanol–water partition coefficient (Wildman–Crippen LogP) is 2.52. The van der Waals surface area contributed by atoms with Gasteiger partial charge in [0, 0.05) is 23.9 Å². The summed E-state index contributed by atoms with van der Waals surface area (Å²) in [6, 6.07) is 9.69. The van der Waals surface area contributed by atoms with Crippen LogP contribution < -0.4 is 15.4 Å². The molecule has 1 amide bonds. The van der Waals surface area contributed by atoms with Crippen molar-refractivity contribution in [2.75, 3.05) is 13.1 Å². The van der Waals surface area contributed by atoms with Crippen molar-refractivity contribution in [2.24, 2.45) is 0 Å². The summed E-state index contributed by atoms with van der Waals surface area (Å²) in [5.74, 6) is -3.15. The van der Waals surface area contributed by atoms with Crippen LogP contribution in [-0.4, -0.2) is 46.6 Å². The van der Waals surface area contributed by atoms with Gasteiger partial charge < -0.3 is 25.6 Å². The third-order valence-corrected chi connectivity index (χ3v) is 6.85. The fourth-order valence-electron chi connectivity index (χ4n) is 4.72. The van der Waals surface area contributed by atoms with Crippen molar-refractivity contribution in [3.05, 3.63) is 75.7 Å². The van der Waals surface area contributed by atoms with Gasteiger partial charge in [-0.05, 0) is 39.7 Å². The Morgan fingerprint density at radius 3 is 2.35 bits per heavy atom. The van der Waals surface area contributed by atoms with E-state index in [1.54, 1.807) is 0 Å². The lowest BCUT2D eigenvalue weighted by atomic mass is 9.70. The highest BCUT2D eigenvalue weighted by Gasteiger charge is 2.56. The zero-order valence-electron chi connectivity index (χ0n) is 21.0. The van der Waals surface area contributed by atoms with E-state index in [4.69, 9.17) is 4.74 Å². The van der Waals surface area contributed by atoms with Gasteiger partial charge in [-0.3, -0.25) is 19.2 Å². The topological polar surface area (TPSA) is 142 Å². The summed E-state index contributed by atoms with van der Waals surface area (Å²) in [5.41, 5.74) is -0.648. The van der Waals surface area contributed by atoms with Crippen LogP contribution in [0.3, 0.4) is 0 Å². The molecule has 4 N–H and O–H groups in total. The van der Waals surface area contributed by atoms with E-state index in [1.807, 2.05) is 30.3 Å². The first-order valence-electron chi connectivity index (χ1n) is 11.8. The normalized spacial score (nSPS) is 19.4. The van der Waals surface area contributed by atoms with Crippen LogP contribution in [-0.2, 0) is 26.2 Å². The maximum atomic E-state index is 13.7. The summed E-state index contributed by atoms with van der Waals surface area (Å²) in [5, 5.41) is 26.9. The lowest BCUT2D eigenvalue weighted by Crippen LogP contribution is -2.42. The number of amides is 1. The van der Waals surface area contributed by atoms with Crippen molar-refractivity contribution < 1.29 is 34.1 Å². The Balaban J connectivity index is 1.58. The number of phenolic OH excluding ortho intramolecular Hbond substituents is 2. The molecule has 1 atom stereocenters. The minimum Gasteiger partial charge on any atom is -0.507 e. The summed E-state index contributed by atoms with van der Waals surface area (Å²) in [6.45, 7) is 5.93. The van der Waals surface area contributed by atoms with Gasteiger partial charge in [0.15, 0.2) is 17.3 Å². The van der Waals surface area contributed by atoms with Gasteiger partial charge in [-0.25, -0.2) is 0 Å². The molecule has 0 aromatic heterocycles. The zero-order chi connectivity index (χ0) is 27.1. The van der Waals surface area contributed by atoms with Gasteiger partial charge in [-0.1, -0.05) is 30.3 Å². The molecule has 2 aliphatic rings. The summed E-state index contributed by atoms with van der Waals surface area (Å²) < 4.78 is 5.74. The number of carbonyl (C=O) groups is 4. The molecule has 37 heavy (non-hydrogen) atoms. The van der Waals surface area contributed by atoms with Crippen LogP contribution in [0.4, 0.5) is 0 Å². The molecule has 0 saturated heterocycles.